The van der Waals surface area contributed by atoms with E-state index in [0.29, 0.717) is 0 Å². The Balaban J connectivity index is 2.12. The van der Waals surface area contributed by atoms with Crippen LogP contribution < -0.4 is 0 Å². The van der Waals surface area contributed by atoms with E-state index in [1.807, 2.05) is 42.1 Å². The van der Waals surface area contributed by atoms with Gasteiger partial charge in [0.1, 0.15) is 0 Å². The molecule has 1 aromatic heterocycles. The molecule has 1 heterocycles. The van der Waals surface area contributed by atoms with E-state index >= 15 is 0 Å². The first kappa shape index (κ1) is 13.1. The van der Waals surface area contributed by atoms with Crippen LogP contribution in [0.5, 0.6) is 0 Å². The summed E-state index contributed by atoms with van der Waals surface area (Å²) in [5.74, 6) is 2.01. The Bertz CT molecular complexity index is 472. The monoisotopic (exact) mass is 263 g/mol. The van der Waals surface area contributed by atoms with E-state index in [4.69, 9.17) is 0 Å². The lowest BCUT2D eigenvalue weighted by Crippen LogP contribution is -2.08. The van der Waals surface area contributed by atoms with Gasteiger partial charge in [0.2, 0.25) is 0 Å². The average Bonchev–Trinajstić information content (AvgIpc) is 2.89. The highest BCUT2D eigenvalue weighted by atomic mass is 32.2. The van der Waals surface area contributed by atoms with Crippen molar-refractivity contribution in [3.63, 3.8) is 0 Å². The summed E-state index contributed by atoms with van der Waals surface area (Å²) in [4.78, 5) is 0. The predicted octanol–water partition coefficient (Wildman–Crippen LogP) is 2.44. The van der Waals surface area contributed by atoms with E-state index < -0.39 is 6.10 Å². The van der Waals surface area contributed by atoms with Crippen LogP contribution in [0.25, 0.3) is 5.69 Å². The van der Waals surface area contributed by atoms with Crippen molar-refractivity contribution in [2.45, 2.75) is 19.4 Å². The van der Waals surface area contributed by atoms with Gasteiger partial charge in [-0.15, -0.1) is 5.10 Å². The molecule has 96 valence electrons. The first-order valence-corrected chi connectivity index (χ1v) is 7.20. The number of aliphatic hydroxyl groups is 1. The normalized spacial score (nSPS) is 12.6. The number of hydrogen-bond donors (Lipinski definition) is 1. The second-order valence-electron chi connectivity index (χ2n) is 3.91. The molecule has 0 fully saturated rings. The molecule has 0 saturated carbocycles. The predicted molar refractivity (Wildman–Crippen MR) is 73.9 cm³/mol. The van der Waals surface area contributed by atoms with Crippen LogP contribution in [0.3, 0.4) is 0 Å². The van der Waals surface area contributed by atoms with Gasteiger partial charge in [-0.2, -0.15) is 11.8 Å². The fraction of sp³-hybridized carbons (Fsp3) is 0.385. The molecule has 0 radical (unpaired) electrons. The van der Waals surface area contributed by atoms with Gasteiger partial charge in [-0.1, -0.05) is 30.3 Å². The van der Waals surface area contributed by atoms with Crippen molar-refractivity contribution in [3.05, 3.63) is 42.2 Å². The zero-order valence-electron chi connectivity index (χ0n) is 10.4. The lowest BCUT2D eigenvalue weighted by Gasteiger charge is -2.11. The number of thioether (sulfide) groups is 1. The number of hydrogen-bond acceptors (Lipinski definition) is 4. The molecule has 0 spiro atoms. The van der Waals surface area contributed by atoms with E-state index in [0.717, 1.165) is 29.3 Å². The van der Waals surface area contributed by atoms with Crippen LogP contribution in [0.15, 0.2) is 36.5 Å². The van der Waals surface area contributed by atoms with E-state index in [1.165, 1.54) is 0 Å². The molecule has 0 saturated heterocycles. The van der Waals surface area contributed by atoms with Gasteiger partial charge < -0.3 is 5.11 Å². The maximum atomic E-state index is 10.2. The Hall–Kier alpha value is -1.33. The van der Waals surface area contributed by atoms with Crippen molar-refractivity contribution < 1.29 is 5.11 Å². The quantitative estimate of drug-likeness (QED) is 0.813. The van der Waals surface area contributed by atoms with Crippen LogP contribution in [0.1, 0.15) is 25.1 Å². The number of benzene rings is 1. The molecular weight excluding hydrogens is 246 g/mol. The second-order valence-corrected chi connectivity index (χ2v) is 5.30. The highest BCUT2D eigenvalue weighted by Gasteiger charge is 2.14. The van der Waals surface area contributed by atoms with Crippen LogP contribution in [0.4, 0.5) is 0 Å². The molecule has 5 heteroatoms. The molecule has 0 amide bonds. The first-order chi connectivity index (χ1) is 8.83. The lowest BCUT2D eigenvalue weighted by atomic mass is 10.2. The zero-order chi connectivity index (χ0) is 12.8. The Morgan fingerprint density at radius 2 is 2.11 bits per heavy atom. The van der Waals surface area contributed by atoms with Crippen molar-refractivity contribution in [2.75, 3.05) is 11.5 Å². The summed E-state index contributed by atoms with van der Waals surface area (Å²) in [6, 6.07) is 9.74. The summed E-state index contributed by atoms with van der Waals surface area (Å²) >= 11 is 1.83. The summed E-state index contributed by atoms with van der Waals surface area (Å²) < 4.78 is 1.70. The fourth-order valence-electron chi connectivity index (χ4n) is 1.73. The smallest absolute Gasteiger partial charge is 0.0985 e. The number of nitrogens with zero attached hydrogens (tertiary/aromatic N) is 3. The first-order valence-electron chi connectivity index (χ1n) is 6.04. The maximum absolute atomic E-state index is 10.2. The van der Waals surface area contributed by atoms with Gasteiger partial charge in [-0.05, 0) is 30.1 Å². The molecular formula is C13H17N3OS. The minimum atomic E-state index is -0.515. The highest BCUT2D eigenvalue weighted by Crippen LogP contribution is 2.20. The van der Waals surface area contributed by atoms with Crippen LogP contribution in [-0.4, -0.2) is 31.6 Å². The van der Waals surface area contributed by atoms with Gasteiger partial charge in [0, 0.05) is 0 Å². The standard InChI is InChI=1S/C13H17N3OS/c1-2-18-9-8-13(17)12-10-14-15-16(12)11-6-4-3-5-7-11/h3-7,10,13,17H,2,8-9H2,1H3. The summed E-state index contributed by atoms with van der Waals surface area (Å²) in [5.41, 5.74) is 1.67. The molecule has 1 aromatic carbocycles. The third-order valence-electron chi connectivity index (χ3n) is 2.66. The molecule has 0 aliphatic heterocycles. The molecule has 4 nitrogen and oxygen atoms in total. The largest absolute Gasteiger partial charge is 0.387 e. The van der Waals surface area contributed by atoms with Crippen LogP contribution >= 0.6 is 11.8 Å². The molecule has 2 aromatic rings. The van der Waals surface area contributed by atoms with Crippen molar-refractivity contribution >= 4 is 11.8 Å². The average molecular weight is 263 g/mol. The van der Waals surface area contributed by atoms with Gasteiger partial charge >= 0.3 is 0 Å². The maximum Gasteiger partial charge on any atom is 0.0985 e. The van der Waals surface area contributed by atoms with Gasteiger partial charge in [0.25, 0.3) is 0 Å². The summed E-state index contributed by atoms with van der Waals surface area (Å²) in [6.45, 7) is 2.12. The third-order valence-corrected chi connectivity index (χ3v) is 3.59. The number of aromatic nitrogens is 3. The molecule has 1 atom stereocenters. The van der Waals surface area contributed by atoms with Gasteiger partial charge in [0.05, 0.1) is 23.7 Å². The minimum Gasteiger partial charge on any atom is -0.387 e. The topological polar surface area (TPSA) is 50.9 Å². The van der Waals surface area contributed by atoms with Crippen LogP contribution in [0.2, 0.25) is 0 Å². The Labute approximate surface area is 111 Å². The number of para-hydroxylation sites is 1. The van der Waals surface area contributed by atoms with E-state index in [1.54, 1.807) is 10.9 Å². The molecule has 0 aliphatic rings. The summed E-state index contributed by atoms with van der Waals surface area (Å²) in [5, 5.41) is 18.1. The van der Waals surface area contributed by atoms with Crippen molar-refractivity contribution in [1.29, 1.82) is 0 Å². The Kier molecular flexibility index (Phi) is 4.78. The molecule has 18 heavy (non-hydrogen) atoms. The van der Waals surface area contributed by atoms with Crippen LogP contribution in [-0.2, 0) is 0 Å². The zero-order valence-corrected chi connectivity index (χ0v) is 11.2. The molecule has 1 N–H and O–H groups in total. The lowest BCUT2D eigenvalue weighted by molar-refractivity contribution is 0.167. The van der Waals surface area contributed by atoms with Gasteiger partial charge in [0.15, 0.2) is 0 Å². The molecule has 2 rings (SSSR count). The Morgan fingerprint density at radius 1 is 1.33 bits per heavy atom. The third kappa shape index (κ3) is 3.11. The van der Waals surface area contributed by atoms with Crippen molar-refractivity contribution in [2.24, 2.45) is 0 Å². The number of rotatable bonds is 6. The molecule has 1 unspecified atom stereocenters. The summed E-state index contributed by atoms with van der Waals surface area (Å²) in [7, 11) is 0. The molecule has 0 aliphatic carbocycles. The van der Waals surface area contributed by atoms with Gasteiger partial charge in [-0.25, -0.2) is 4.68 Å². The van der Waals surface area contributed by atoms with E-state index in [-0.39, 0.29) is 0 Å². The van der Waals surface area contributed by atoms with E-state index in [9.17, 15) is 5.11 Å². The fourth-order valence-corrected chi connectivity index (χ4v) is 2.41. The van der Waals surface area contributed by atoms with Crippen molar-refractivity contribution in [1.82, 2.24) is 15.0 Å². The number of aliphatic hydroxyl groups excluding tert-OH is 1. The summed E-state index contributed by atoms with van der Waals surface area (Å²) in [6.07, 6.45) is 1.84. The minimum absolute atomic E-state index is 0.515. The van der Waals surface area contributed by atoms with Crippen LogP contribution in [0, 0.1) is 0 Å². The second kappa shape index (κ2) is 6.56. The highest BCUT2D eigenvalue weighted by molar-refractivity contribution is 7.99. The molecule has 0 bridgehead atoms. The van der Waals surface area contributed by atoms with Gasteiger partial charge in [-0.3, -0.25) is 0 Å². The SMILES string of the molecule is CCSCCC(O)c1cnnn1-c1ccccc1. The van der Waals surface area contributed by atoms with E-state index in [2.05, 4.69) is 17.2 Å². The van der Waals surface area contributed by atoms with Crippen molar-refractivity contribution in [3.8, 4) is 5.69 Å². The Morgan fingerprint density at radius 3 is 2.83 bits per heavy atom.